The van der Waals surface area contributed by atoms with Crippen LogP contribution in [0.4, 0.5) is 4.39 Å². The van der Waals surface area contributed by atoms with Crippen molar-refractivity contribution in [3.63, 3.8) is 0 Å². The highest BCUT2D eigenvalue weighted by Gasteiger charge is 2.28. The van der Waals surface area contributed by atoms with Crippen molar-refractivity contribution in [2.24, 2.45) is 5.92 Å². The Hall–Kier alpha value is -0.350. The molecule has 1 N–H and O–H groups in total. The van der Waals surface area contributed by atoms with Gasteiger partial charge in [0.1, 0.15) is 5.82 Å². The molecular weight excluding hydrogens is 322 g/mol. The molecule has 0 amide bonds. The number of hydrogen-bond donors (Lipinski definition) is 1. The average Bonchev–Trinajstić information content (AvgIpc) is 2.91. The van der Waals surface area contributed by atoms with Gasteiger partial charge in [-0.1, -0.05) is 17.7 Å². The maximum absolute atomic E-state index is 14.0. The van der Waals surface area contributed by atoms with Crippen LogP contribution in [0, 0.1) is 11.7 Å². The fourth-order valence-corrected chi connectivity index (χ4v) is 3.97. The van der Waals surface area contributed by atoms with Gasteiger partial charge in [0.2, 0.25) is 0 Å². The first-order valence-corrected chi connectivity index (χ1v) is 8.49. The molecule has 2 heterocycles. The summed E-state index contributed by atoms with van der Waals surface area (Å²) in [5.74, 6) is 0.638. The van der Waals surface area contributed by atoms with Crippen molar-refractivity contribution in [2.45, 2.75) is 38.1 Å². The van der Waals surface area contributed by atoms with Crippen LogP contribution < -0.4 is 5.32 Å². The predicted molar refractivity (Wildman–Crippen MR) is 92.6 cm³/mol. The Morgan fingerprint density at radius 2 is 2.00 bits per heavy atom. The molecule has 0 aromatic heterocycles. The van der Waals surface area contributed by atoms with Gasteiger partial charge in [-0.25, -0.2) is 4.39 Å². The highest BCUT2D eigenvalue weighted by Crippen LogP contribution is 2.28. The third-order valence-corrected chi connectivity index (χ3v) is 5.31. The van der Waals surface area contributed by atoms with Crippen LogP contribution in [0.3, 0.4) is 0 Å². The van der Waals surface area contributed by atoms with Crippen molar-refractivity contribution in [3.05, 3.63) is 34.6 Å². The van der Waals surface area contributed by atoms with Crippen molar-refractivity contribution in [3.8, 4) is 0 Å². The maximum atomic E-state index is 14.0. The molecule has 2 aliphatic rings. The smallest absolute Gasteiger partial charge is 0.127 e. The standard InChI is InChI=1S/C17H24ClFN2.ClH/c18-16-4-1-5-17(19)15(16)11-14-3-2-10-21(14)12-13-6-8-20-9-7-13;/h1,4-5,13-14,20H,2-3,6-12H2;1H. The summed E-state index contributed by atoms with van der Waals surface area (Å²) in [6.45, 7) is 4.60. The molecule has 0 aliphatic carbocycles. The van der Waals surface area contributed by atoms with Gasteiger partial charge in [-0.2, -0.15) is 0 Å². The quantitative estimate of drug-likeness (QED) is 0.889. The normalized spacial score (nSPS) is 23.5. The van der Waals surface area contributed by atoms with E-state index in [1.54, 1.807) is 12.1 Å². The lowest BCUT2D eigenvalue weighted by molar-refractivity contribution is 0.190. The molecule has 2 fully saturated rings. The molecule has 1 aromatic rings. The third kappa shape index (κ3) is 4.35. The number of benzene rings is 1. The Morgan fingerprint density at radius 3 is 2.73 bits per heavy atom. The Kier molecular flexibility index (Phi) is 6.94. The Morgan fingerprint density at radius 1 is 1.23 bits per heavy atom. The molecule has 22 heavy (non-hydrogen) atoms. The van der Waals surface area contributed by atoms with Crippen LogP contribution in [0.15, 0.2) is 18.2 Å². The number of likely N-dealkylation sites (tertiary alicyclic amines) is 1. The van der Waals surface area contributed by atoms with Crippen molar-refractivity contribution < 1.29 is 4.39 Å². The molecule has 2 aliphatic heterocycles. The van der Waals surface area contributed by atoms with E-state index < -0.39 is 0 Å². The van der Waals surface area contributed by atoms with Gasteiger partial charge in [0.25, 0.3) is 0 Å². The zero-order chi connectivity index (χ0) is 14.7. The van der Waals surface area contributed by atoms with Gasteiger partial charge in [-0.15, -0.1) is 12.4 Å². The van der Waals surface area contributed by atoms with Crippen molar-refractivity contribution in [1.82, 2.24) is 10.2 Å². The van der Waals surface area contributed by atoms with E-state index >= 15 is 0 Å². The lowest BCUT2D eigenvalue weighted by Crippen LogP contribution is -2.39. The van der Waals surface area contributed by atoms with Gasteiger partial charge in [0, 0.05) is 23.2 Å². The molecule has 2 saturated heterocycles. The first kappa shape index (κ1) is 18.0. The highest BCUT2D eigenvalue weighted by molar-refractivity contribution is 6.31. The first-order chi connectivity index (χ1) is 10.2. The minimum absolute atomic E-state index is 0. The maximum Gasteiger partial charge on any atom is 0.127 e. The number of piperidine rings is 1. The van der Waals surface area contributed by atoms with Gasteiger partial charge in [0.05, 0.1) is 0 Å². The zero-order valence-electron chi connectivity index (χ0n) is 12.9. The molecule has 0 saturated carbocycles. The van der Waals surface area contributed by atoms with Crippen molar-refractivity contribution in [2.75, 3.05) is 26.2 Å². The van der Waals surface area contributed by atoms with E-state index in [1.807, 2.05) is 0 Å². The summed E-state index contributed by atoms with van der Waals surface area (Å²) in [7, 11) is 0. The second-order valence-corrected chi connectivity index (χ2v) is 6.80. The Balaban J connectivity index is 0.00000176. The van der Waals surface area contributed by atoms with Crippen LogP contribution in [-0.2, 0) is 6.42 Å². The minimum atomic E-state index is -0.156. The summed E-state index contributed by atoms with van der Waals surface area (Å²) in [5, 5.41) is 3.99. The number of rotatable bonds is 4. The van der Waals surface area contributed by atoms with E-state index in [2.05, 4.69) is 10.2 Å². The number of hydrogen-bond acceptors (Lipinski definition) is 2. The average molecular weight is 347 g/mol. The molecular formula is C17H25Cl2FN2. The second-order valence-electron chi connectivity index (χ2n) is 6.39. The van der Waals surface area contributed by atoms with Crippen LogP contribution in [-0.4, -0.2) is 37.1 Å². The van der Waals surface area contributed by atoms with E-state index in [4.69, 9.17) is 11.6 Å². The first-order valence-electron chi connectivity index (χ1n) is 8.11. The third-order valence-electron chi connectivity index (χ3n) is 4.95. The summed E-state index contributed by atoms with van der Waals surface area (Å²) in [5.41, 5.74) is 0.696. The number of nitrogens with one attached hydrogen (secondary N) is 1. The van der Waals surface area contributed by atoms with Gasteiger partial charge < -0.3 is 5.32 Å². The lowest BCUT2D eigenvalue weighted by Gasteiger charge is -2.31. The summed E-state index contributed by atoms with van der Waals surface area (Å²) < 4.78 is 14.0. The Bertz CT molecular complexity index is 457. The fraction of sp³-hybridized carbons (Fsp3) is 0.647. The Labute approximate surface area is 143 Å². The van der Waals surface area contributed by atoms with Crippen LogP contribution >= 0.6 is 24.0 Å². The zero-order valence-corrected chi connectivity index (χ0v) is 14.4. The number of halogens is 3. The van der Waals surface area contributed by atoms with Crippen LogP contribution in [0.25, 0.3) is 0 Å². The molecule has 1 unspecified atom stereocenters. The van der Waals surface area contributed by atoms with Crippen molar-refractivity contribution >= 4 is 24.0 Å². The van der Waals surface area contributed by atoms with Gasteiger partial charge >= 0.3 is 0 Å². The molecule has 3 rings (SSSR count). The molecule has 5 heteroatoms. The van der Waals surface area contributed by atoms with E-state index in [0.29, 0.717) is 16.6 Å². The number of nitrogens with zero attached hydrogens (tertiary/aromatic N) is 1. The fourth-order valence-electron chi connectivity index (χ4n) is 3.73. The molecule has 0 radical (unpaired) electrons. The minimum Gasteiger partial charge on any atom is -0.317 e. The topological polar surface area (TPSA) is 15.3 Å². The van der Waals surface area contributed by atoms with Crippen LogP contribution in [0.1, 0.15) is 31.2 Å². The van der Waals surface area contributed by atoms with Crippen molar-refractivity contribution in [1.29, 1.82) is 0 Å². The van der Waals surface area contributed by atoms with E-state index in [1.165, 1.54) is 31.9 Å². The predicted octanol–water partition coefficient (Wildman–Crippen LogP) is 3.91. The summed E-state index contributed by atoms with van der Waals surface area (Å²) in [6, 6.07) is 5.46. The van der Waals surface area contributed by atoms with Crippen LogP contribution in [0.5, 0.6) is 0 Å². The molecule has 0 spiro atoms. The second kappa shape index (κ2) is 8.49. The summed E-state index contributed by atoms with van der Waals surface area (Å²) in [4.78, 5) is 2.57. The molecule has 2 nitrogen and oxygen atoms in total. The summed E-state index contributed by atoms with van der Waals surface area (Å²) >= 11 is 6.18. The van der Waals surface area contributed by atoms with Gasteiger partial charge in [-0.05, 0) is 69.8 Å². The SMILES string of the molecule is Cl.Fc1cccc(Cl)c1CC1CCCN1CC1CCNCC1. The largest absolute Gasteiger partial charge is 0.317 e. The highest BCUT2D eigenvalue weighted by atomic mass is 35.5. The molecule has 124 valence electrons. The monoisotopic (exact) mass is 346 g/mol. The summed E-state index contributed by atoms with van der Waals surface area (Å²) in [6.07, 6.45) is 5.67. The van der Waals surface area contributed by atoms with Gasteiger partial charge in [-0.3, -0.25) is 4.90 Å². The molecule has 1 aromatic carbocycles. The van der Waals surface area contributed by atoms with E-state index in [9.17, 15) is 4.39 Å². The van der Waals surface area contributed by atoms with Crippen LogP contribution in [0.2, 0.25) is 5.02 Å². The van der Waals surface area contributed by atoms with E-state index in [0.717, 1.165) is 38.4 Å². The molecule has 0 bridgehead atoms. The molecule has 1 atom stereocenters. The van der Waals surface area contributed by atoms with E-state index in [-0.39, 0.29) is 18.2 Å². The van der Waals surface area contributed by atoms with Gasteiger partial charge in [0.15, 0.2) is 0 Å². The lowest BCUT2D eigenvalue weighted by atomic mass is 9.96.